The smallest absolute Gasteiger partial charge is 0.151 e. The Labute approximate surface area is 108 Å². The predicted molar refractivity (Wildman–Crippen MR) is 67.2 cm³/mol. The number of nitrogens with two attached hydrogens (primary N) is 1. The Morgan fingerprint density at radius 3 is 2.78 bits per heavy atom. The van der Waals surface area contributed by atoms with Gasteiger partial charge in [0.05, 0.1) is 35.2 Å². The number of aliphatic hydroxyl groups is 2. The van der Waals surface area contributed by atoms with Gasteiger partial charge in [-0.25, -0.2) is 9.97 Å². The van der Waals surface area contributed by atoms with Crippen molar-refractivity contribution in [2.24, 2.45) is 0 Å². The van der Waals surface area contributed by atoms with E-state index in [1.807, 2.05) is 0 Å². The molecule has 7 heteroatoms. The van der Waals surface area contributed by atoms with Crippen molar-refractivity contribution in [1.82, 2.24) is 14.5 Å². The number of nitrogens with zero attached hydrogens (tertiary/aromatic N) is 3. The molecule has 4 N–H and O–H groups in total. The number of fused-ring (bicyclic) bond motifs is 1. The molecule has 0 spiro atoms. The molecule has 6 nitrogen and oxygen atoms in total. The first-order valence-electron chi connectivity index (χ1n) is 5.72. The lowest BCUT2D eigenvalue weighted by atomic mass is 10.2. The Hall–Kier alpha value is -1.37. The van der Waals surface area contributed by atoms with Crippen molar-refractivity contribution in [2.45, 2.75) is 31.1 Å². The molecule has 0 bridgehead atoms. The molecule has 0 unspecified atom stereocenters. The van der Waals surface area contributed by atoms with Gasteiger partial charge in [0.2, 0.25) is 0 Å². The van der Waals surface area contributed by atoms with Gasteiger partial charge in [-0.15, -0.1) is 0 Å². The lowest BCUT2D eigenvalue weighted by molar-refractivity contribution is 0.0242. The first-order chi connectivity index (χ1) is 8.59. The maximum Gasteiger partial charge on any atom is 0.151 e. The summed E-state index contributed by atoms with van der Waals surface area (Å²) in [6.45, 7) is 0. The molecule has 3 rings (SSSR count). The van der Waals surface area contributed by atoms with Gasteiger partial charge in [0.15, 0.2) is 5.82 Å². The Bertz CT molecular complexity index is 600. The van der Waals surface area contributed by atoms with Gasteiger partial charge in [-0.1, -0.05) is 11.6 Å². The highest BCUT2D eigenvalue weighted by atomic mass is 35.5. The van der Waals surface area contributed by atoms with Crippen molar-refractivity contribution >= 4 is 28.5 Å². The van der Waals surface area contributed by atoms with Crippen LogP contribution < -0.4 is 5.73 Å². The molecule has 0 radical (unpaired) electrons. The van der Waals surface area contributed by atoms with E-state index in [0.717, 1.165) is 0 Å². The Morgan fingerprint density at radius 2 is 2.11 bits per heavy atom. The number of imidazole rings is 1. The summed E-state index contributed by atoms with van der Waals surface area (Å²) in [6, 6.07) is -0.232. The monoisotopic (exact) mass is 268 g/mol. The highest BCUT2D eigenvalue weighted by Crippen LogP contribution is 2.35. The van der Waals surface area contributed by atoms with Crippen LogP contribution in [0, 0.1) is 0 Å². The van der Waals surface area contributed by atoms with Crippen LogP contribution in [0.3, 0.4) is 0 Å². The number of aliphatic hydroxyl groups excluding tert-OH is 2. The molecule has 0 amide bonds. The fourth-order valence-electron chi connectivity index (χ4n) is 2.53. The highest BCUT2D eigenvalue weighted by Gasteiger charge is 2.35. The summed E-state index contributed by atoms with van der Waals surface area (Å²) in [7, 11) is 0. The molecule has 0 aromatic carbocycles. The van der Waals surface area contributed by atoms with Gasteiger partial charge in [0, 0.05) is 0 Å². The summed E-state index contributed by atoms with van der Waals surface area (Å²) in [4.78, 5) is 8.12. The quantitative estimate of drug-likeness (QED) is 0.708. The molecule has 3 atom stereocenters. The fraction of sp³-hybridized carbons (Fsp3) is 0.455. The lowest BCUT2D eigenvalue weighted by Crippen LogP contribution is -2.26. The standard InChI is InChI=1S/C11H13ClN4O2/c12-5-3-14-11(13)8-9(5)16(4-15-8)6-1-2-7(17)10(6)18/h3-4,6-7,10,17-18H,1-2H2,(H2,13,14)/t6-,7-,10+/m1/s1. The summed E-state index contributed by atoms with van der Waals surface area (Å²) in [5.41, 5.74) is 6.92. The van der Waals surface area contributed by atoms with E-state index in [2.05, 4.69) is 9.97 Å². The topological polar surface area (TPSA) is 97.2 Å². The number of aromatic nitrogens is 3. The van der Waals surface area contributed by atoms with Crippen LogP contribution in [0.5, 0.6) is 0 Å². The normalized spacial score (nSPS) is 28.1. The third-order valence-corrected chi connectivity index (χ3v) is 3.76. The van der Waals surface area contributed by atoms with Gasteiger partial charge < -0.3 is 20.5 Å². The lowest BCUT2D eigenvalue weighted by Gasteiger charge is -2.19. The molecule has 0 aliphatic heterocycles. The van der Waals surface area contributed by atoms with Crippen molar-refractivity contribution < 1.29 is 10.2 Å². The molecule has 1 saturated carbocycles. The molecule has 18 heavy (non-hydrogen) atoms. The number of nitrogen functional groups attached to an aromatic ring is 1. The third-order valence-electron chi connectivity index (χ3n) is 3.48. The molecular weight excluding hydrogens is 256 g/mol. The minimum atomic E-state index is -0.812. The first kappa shape index (κ1) is 11.7. The van der Waals surface area contributed by atoms with Crippen LogP contribution in [0.4, 0.5) is 5.82 Å². The maximum absolute atomic E-state index is 9.96. The van der Waals surface area contributed by atoms with Crippen molar-refractivity contribution in [1.29, 1.82) is 0 Å². The zero-order valence-corrected chi connectivity index (χ0v) is 10.2. The van der Waals surface area contributed by atoms with Crippen molar-refractivity contribution in [2.75, 3.05) is 5.73 Å². The van der Waals surface area contributed by atoms with E-state index in [4.69, 9.17) is 17.3 Å². The second kappa shape index (κ2) is 4.08. The van der Waals surface area contributed by atoms with Gasteiger partial charge in [-0.3, -0.25) is 0 Å². The van der Waals surface area contributed by atoms with Crippen molar-refractivity contribution in [3.05, 3.63) is 17.5 Å². The zero-order chi connectivity index (χ0) is 12.9. The number of hydrogen-bond donors (Lipinski definition) is 3. The molecule has 0 saturated heterocycles. The minimum absolute atomic E-state index is 0.232. The molecule has 2 aromatic heterocycles. The van der Waals surface area contributed by atoms with E-state index < -0.39 is 12.2 Å². The predicted octanol–water partition coefficient (Wildman–Crippen LogP) is 0.724. The Morgan fingerprint density at radius 1 is 1.33 bits per heavy atom. The number of hydrogen-bond acceptors (Lipinski definition) is 5. The van der Waals surface area contributed by atoms with Gasteiger partial charge in [-0.05, 0) is 12.8 Å². The molecule has 2 aromatic rings. The van der Waals surface area contributed by atoms with E-state index in [-0.39, 0.29) is 6.04 Å². The summed E-state index contributed by atoms with van der Waals surface area (Å²) in [5.74, 6) is 0.307. The van der Waals surface area contributed by atoms with Crippen LogP contribution in [-0.2, 0) is 0 Å². The van der Waals surface area contributed by atoms with E-state index in [1.165, 1.54) is 6.20 Å². The van der Waals surface area contributed by atoms with Gasteiger partial charge >= 0.3 is 0 Å². The Kier molecular flexibility index (Phi) is 2.65. The number of anilines is 1. The molecule has 1 fully saturated rings. The van der Waals surface area contributed by atoms with E-state index >= 15 is 0 Å². The second-order valence-electron chi connectivity index (χ2n) is 4.54. The number of rotatable bonds is 1. The summed E-state index contributed by atoms with van der Waals surface area (Å²) >= 11 is 6.12. The summed E-state index contributed by atoms with van der Waals surface area (Å²) in [5, 5.41) is 20.0. The van der Waals surface area contributed by atoms with E-state index in [9.17, 15) is 10.2 Å². The SMILES string of the molecule is Nc1ncc(Cl)c2c1ncn2[C@@H]1CC[C@@H](O)[C@H]1O. The molecule has 1 aliphatic rings. The van der Waals surface area contributed by atoms with Crippen LogP contribution in [0.25, 0.3) is 11.0 Å². The van der Waals surface area contributed by atoms with Crippen molar-refractivity contribution in [3.63, 3.8) is 0 Å². The number of halogens is 1. The summed E-state index contributed by atoms with van der Waals surface area (Å²) in [6.07, 6.45) is 2.77. The zero-order valence-electron chi connectivity index (χ0n) is 9.49. The molecule has 1 aliphatic carbocycles. The van der Waals surface area contributed by atoms with E-state index in [0.29, 0.717) is 34.7 Å². The summed E-state index contributed by atoms with van der Waals surface area (Å²) < 4.78 is 1.77. The van der Waals surface area contributed by atoms with Crippen molar-refractivity contribution in [3.8, 4) is 0 Å². The average molecular weight is 269 g/mol. The number of pyridine rings is 1. The van der Waals surface area contributed by atoms with Crippen LogP contribution in [0.2, 0.25) is 5.02 Å². The van der Waals surface area contributed by atoms with Crippen LogP contribution in [-0.4, -0.2) is 37.0 Å². The average Bonchev–Trinajstić information content (AvgIpc) is 2.91. The van der Waals surface area contributed by atoms with Gasteiger partial charge in [0.1, 0.15) is 11.6 Å². The van der Waals surface area contributed by atoms with Crippen LogP contribution in [0.15, 0.2) is 12.5 Å². The third kappa shape index (κ3) is 1.57. The van der Waals surface area contributed by atoms with E-state index in [1.54, 1.807) is 10.9 Å². The largest absolute Gasteiger partial charge is 0.390 e. The first-order valence-corrected chi connectivity index (χ1v) is 6.10. The molecule has 96 valence electrons. The Balaban J connectivity index is 2.16. The second-order valence-corrected chi connectivity index (χ2v) is 4.95. The maximum atomic E-state index is 9.96. The van der Waals surface area contributed by atoms with Crippen LogP contribution >= 0.6 is 11.6 Å². The fourth-order valence-corrected chi connectivity index (χ4v) is 2.76. The molecule has 2 heterocycles. The molecular formula is C11H13ClN4O2. The van der Waals surface area contributed by atoms with Gasteiger partial charge in [-0.2, -0.15) is 0 Å². The van der Waals surface area contributed by atoms with Crippen LogP contribution in [0.1, 0.15) is 18.9 Å². The highest BCUT2D eigenvalue weighted by molar-refractivity contribution is 6.35. The van der Waals surface area contributed by atoms with Gasteiger partial charge in [0.25, 0.3) is 0 Å². The minimum Gasteiger partial charge on any atom is -0.390 e.